The van der Waals surface area contributed by atoms with Crippen molar-refractivity contribution in [1.82, 2.24) is 4.57 Å². The first kappa shape index (κ1) is 10.2. The van der Waals surface area contributed by atoms with Crippen LogP contribution in [0, 0.1) is 5.82 Å². The molecular weight excluding hydrogens is 193 g/mol. The van der Waals surface area contributed by atoms with Crippen molar-refractivity contribution >= 4 is 10.9 Å². The van der Waals surface area contributed by atoms with Crippen LogP contribution in [-0.2, 0) is 12.6 Å². The van der Waals surface area contributed by atoms with Crippen LogP contribution in [0.2, 0.25) is 0 Å². The molecule has 0 spiro atoms. The highest BCUT2D eigenvalue weighted by molar-refractivity contribution is 5.82. The Morgan fingerprint density at radius 1 is 1.33 bits per heavy atom. The van der Waals surface area contributed by atoms with Crippen molar-refractivity contribution in [3.63, 3.8) is 0 Å². The molecular formula is C12H14FNO. The quantitative estimate of drug-likeness (QED) is 0.763. The molecule has 3 heteroatoms. The molecule has 0 unspecified atom stereocenters. The smallest absolute Gasteiger partial charge is 0.132 e. The molecule has 0 radical (unpaired) electrons. The first-order valence-corrected chi connectivity index (χ1v) is 4.88. The number of aliphatic hydroxyl groups is 1. The Balaban J connectivity index is 2.81. The first-order chi connectivity index (χ1) is 6.91. The largest absolute Gasteiger partial charge is 0.384 e. The molecule has 1 aromatic carbocycles. The van der Waals surface area contributed by atoms with E-state index in [-0.39, 0.29) is 5.82 Å². The van der Waals surface area contributed by atoms with Crippen molar-refractivity contribution in [2.24, 2.45) is 7.05 Å². The number of hydrogen-bond acceptors (Lipinski definition) is 1. The molecule has 0 saturated heterocycles. The molecule has 1 N–H and O–H groups in total. The Labute approximate surface area is 88.0 Å². The number of halogens is 1. The summed E-state index contributed by atoms with van der Waals surface area (Å²) in [5, 5.41) is 10.5. The van der Waals surface area contributed by atoms with Crippen molar-refractivity contribution in [2.75, 3.05) is 0 Å². The molecule has 1 heterocycles. The van der Waals surface area contributed by atoms with Crippen LogP contribution in [0.25, 0.3) is 10.9 Å². The van der Waals surface area contributed by atoms with Crippen LogP contribution < -0.4 is 0 Å². The van der Waals surface area contributed by atoms with E-state index < -0.39 is 5.60 Å². The van der Waals surface area contributed by atoms with Gasteiger partial charge in [0, 0.05) is 18.1 Å². The Hall–Kier alpha value is -1.35. The summed E-state index contributed by atoms with van der Waals surface area (Å²) in [5.74, 6) is -0.251. The second-order valence-corrected chi connectivity index (χ2v) is 4.32. The number of fused-ring (bicyclic) bond motifs is 1. The average Bonchev–Trinajstić information content (AvgIpc) is 2.45. The molecule has 0 aliphatic heterocycles. The third-order valence-corrected chi connectivity index (χ3v) is 2.66. The summed E-state index contributed by atoms with van der Waals surface area (Å²) in [7, 11) is 1.83. The molecule has 0 fully saturated rings. The van der Waals surface area contributed by atoms with Gasteiger partial charge in [-0.2, -0.15) is 0 Å². The van der Waals surface area contributed by atoms with E-state index in [4.69, 9.17) is 0 Å². The summed E-state index contributed by atoms with van der Waals surface area (Å²) in [6, 6.07) is 6.64. The molecule has 80 valence electrons. The van der Waals surface area contributed by atoms with E-state index in [0.29, 0.717) is 11.1 Å². The lowest BCUT2D eigenvalue weighted by Gasteiger charge is -2.18. The predicted molar refractivity (Wildman–Crippen MR) is 58.1 cm³/mol. The van der Waals surface area contributed by atoms with E-state index in [1.807, 2.05) is 17.7 Å². The van der Waals surface area contributed by atoms with Crippen molar-refractivity contribution in [3.8, 4) is 0 Å². The Bertz CT molecular complexity index is 508. The van der Waals surface area contributed by atoms with E-state index >= 15 is 0 Å². The summed E-state index contributed by atoms with van der Waals surface area (Å²) < 4.78 is 15.3. The van der Waals surface area contributed by atoms with Gasteiger partial charge in [0.05, 0.1) is 11.1 Å². The Kier molecular flexibility index (Phi) is 2.08. The lowest BCUT2D eigenvalue weighted by molar-refractivity contribution is 0.0712. The maximum Gasteiger partial charge on any atom is 0.132 e. The Morgan fingerprint density at radius 2 is 2.00 bits per heavy atom. The summed E-state index contributed by atoms with van der Waals surface area (Å²) in [4.78, 5) is 0. The van der Waals surface area contributed by atoms with Crippen LogP contribution in [0.1, 0.15) is 19.5 Å². The number of hydrogen-bond donors (Lipinski definition) is 1. The van der Waals surface area contributed by atoms with Gasteiger partial charge in [-0.25, -0.2) is 4.39 Å². The summed E-state index contributed by atoms with van der Waals surface area (Å²) in [6.45, 7) is 3.39. The fraction of sp³-hybridized carbons (Fsp3) is 0.333. The standard InChI is InChI=1S/C12H14FNO/c1-12(2,15)11-7-8-9(13)5-4-6-10(8)14(11)3/h4-7,15H,1-3H3. The molecule has 2 rings (SSSR count). The summed E-state index contributed by atoms with van der Waals surface area (Å²) in [6.07, 6.45) is 0. The highest BCUT2D eigenvalue weighted by atomic mass is 19.1. The van der Waals surface area contributed by atoms with Gasteiger partial charge in [-0.3, -0.25) is 0 Å². The third-order valence-electron chi connectivity index (χ3n) is 2.66. The van der Waals surface area contributed by atoms with Crippen molar-refractivity contribution in [2.45, 2.75) is 19.4 Å². The van der Waals surface area contributed by atoms with E-state index in [1.165, 1.54) is 6.07 Å². The highest BCUT2D eigenvalue weighted by Crippen LogP contribution is 2.28. The minimum atomic E-state index is -0.958. The second-order valence-electron chi connectivity index (χ2n) is 4.32. The van der Waals surface area contributed by atoms with Gasteiger partial charge in [0.25, 0.3) is 0 Å². The minimum absolute atomic E-state index is 0.251. The fourth-order valence-corrected chi connectivity index (χ4v) is 1.91. The normalized spacial score (nSPS) is 12.3. The number of benzene rings is 1. The van der Waals surface area contributed by atoms with Crippen LogP contribution in [0.5, 0.6) is 0 Å². The minimum Gasteiger partial charge on any atom is -0.384 e. The maximum absolute atomic E-state index is 13.5. The van der Waals surface area contributed by atoms with Gasteiger partial charge in [0.1, 0.15) is 5.82 Å². The number of rotatable bonds is 1. The zero-order chi connectivity index (χ0) is 11.2. The fourth-order valence-electron chi connectivity index (χ4n) is 1.91. The van der Waals surface area contributed by atoms with E-state index in [2.05, 4.69) is 0 Å². The van der Waals surface area contributed by atoms with Gasteiger partial charge in [-0.15, -0.1) is 0 Å². The molecule has 1 aromatic heterocycles. The average molecular weight is 207 g/mol. The van der Waals surface area contributed by atoms with Crippen LogP contribution in [0.3, 0.4) is 0 Å². The molecule has 2 nitrogen and oxygen atoms in total. The summed E-state index contributed by atoms with van der Waals surface area (Å²) >= 11 is 0. The van der Waals surface area contributed by atoms with Crippen LogP contribution in [-0.4, -0.2) is 9.67 Å². The monoisotopic (exact) mass is 207 g/mol. The van der Waals surface area contributed by atoms with Gasteiger partial charge < -0.3 is 9.67 Å². The zero-order valence-electron chi connectivity index (χ0n) is 9.08. The third kappa shape index (κ3) is 1.53. The van der Waals surface area contributed by atoms with Crippen LogP contribution in [0.15, 0.2) is 24.3 Å². The number of aromatic nitrogens is 1. The van der Waals surface area contributed by atoms with Gasteiger partial charge in [0.2, 0.25) is 0 Å². The van der Waals surface area contributed by atoms with Crippen molar-refractivity contribution < 1.29 is 9.50 Å². The van der Waals surface area contributed by atoms with Gasteiger partial charge in [-0.05, 0) is 32.0 Å². The zero-order valence-corrected chi connectivity index (χ0v) is 9.08. The first-order valence-electron chi connectivity index (χ1n) is 4.88. The van der Waals surface area contributed by atoms with E-state index in [0.717, 1.165) is 5.52 Å². The van der Waals surface area contributed by atoms with Crippen LogP contribution >= 0.6 is 0 Å². The molecule has 15 heavy (non-hydrogen) atoms. The lowest BCUT2D eigenvalue weighted by Crippen LogP contribution is -2.19. The molecule has 0 amide bonds. The molecule has 0 bridgehead atoms. The lowest BCUT2D eigenvalue weighted by atomic mass is 10.1. The SMILES string of the molecule is Cn1c(C(C)(C)O)cc2c(F)cccc21. The van der Waals surface area contributed by atoms with Gasteiger partial charge in [0.15, 0.2) is 0 Å². The van der Waals surface area contributed by atoms with Crippen LogP contribution in [0.4, 0.5) is 4.39 Å². The van der Waals surface area contributed by atoms with Crippen molar-refractivity contribution in [3.05, 3.63) is 35.8 Å². The van der Waals surface area contributed by atoms with Gasteiger partial charge in [-0.1, -0.05) is 6.07 Å². The Morgan fingerprint density at radius 3 is 2.53 bits per heavy atom. The predicted octanol–water partition coefficient (Wildman–Crippen LogP) is 2.54. The number of aryl methyl sites for hydroxylation is 1. The molecule has 2 aromatic rings. The molecule has 0 saturated carbocycles. The topological polar surface area (TPSA) is 25.2 Å². The molecule has 0 atom stereocenters. The molecule has 0 aliphatic rings. The van der Waals surface area contributed by atoms with E-state index in [9.17, 15) is 9.50 Å². The second kappa shape index (κ2) is 3.07. The van der Waals surface area contributed by atoms with Gasteiger partial charge >= 0.3 is 0 Å². The maximum atomic E-state index is 13.5. The summed E-state index contributed by atoms with van der Waals surface area (Å²) in [5.41, 5.74) is 0.551. The number of nitrogens with zero attached hydrogens (tertiary/aromatic N) is 1. The van der Waals surface area contributed by atoms with E-state index in [1.54, 1.807) is 26.0 Å². The van der Waals surface area contributed by atoms with Crippen molar-refractivity contribution in [1.29, 1.82) is 0 Å². The molecule has 0 aliphatic carbocycles. The highest BCUT2D eigenvalue weighted by Gasteiger charge is 2.21.